The van der Waals surface area contributed by atoms with Gasteiger partial charge in [-0.1, -0.05) is 49.2 Å². The van der Waals surface area contributed by atoms with Crippen molar-refractivity contribution in [3.63, 3.8) is 0 Å². The molecule has 5 heteroatoms. The van der Waals surface area contributed by atoms with Crippen LogP contribution in [0.3, 0.4) is 0 Å². The lowest BCUT2D eigenvalue weighted by molar-refractivity contribution is -0.124. The van der Waals surface area contributed by atoms with E-state index < -0.39 is 0 Å². The molecule has 1 fully saturated rings. The molecule has 0 aliphatic carbocycles. The number of carbonyl (C=O) groups excluding carboxylic acids is 2. The molecule has 0 N–H and O–H groups in total. The van der Waals surface area contributed by atoms with E-state index in [0.29, 0.717) is 18.1 Å². The molecule has 1 atom stereocenters. The number of para-hydroxylation sites is 1. The van der Waals surface area contributed by atoms with Crippen LogP contribution in [0.5, 0.6) is 0 Å². The number of carbonyl (C=O) groups is 2. The van der Waals surface area contributed by atoms with Crippen LogP contribution < -0.4 is 9.80 Å². The van der Waals surface area contributed by atoms with Crippen molar-refractivity contribution in [3.8, 4) is 0 Å². The lowest BCUT2D eigenvalue weighted by Crippen LogP contribution is -2.38. The van der Waals surface area contributed by atoms with Gasteiger partial charge in [0, 0.05) is 35.9 Å². The average Bonchev–Trinajstić information content (AvgIpc) is 3.07. The second kappa shape index (κ2) is 8.57. The van der Waals surface area contributed by atoms with Gasteiger partial charge in [0.05, 0.1) is 5.92 Å². The van der Waals surface area contributed by atoms with E-state index in [1.165, 1.54) is 0 Å². The fraction of sp³-hybridized carbons (Fsp3) is 0.364. The molecule has 4 nitrogen and oxygen atoms in total. The molecule has 2 amide bonds. The Hall–Kier alpha value is -2.33. The highest BCUT2D eigenvalue weighted by Gasteiger charge is 2.37. The van der Waals surface area contributed by atoms with Crippen LogP contribution in [0.1, 0.15) is 31.7 Å². The van der Waals surface area contributed by atoms with E-state index >= 15 is 0 Å². The van der Waals surface area contributed by atoms with E-state index in [1.807, 2.05) is 54.3 Å². The Morgan fingerprint density at radius 3 is 2.63 bits per heavy atom. The van der Waals surface area contributed by atoms with Gasteiger partial charge in [0.2, 0.25) is 11.8 Å². The molecule has 0 spiro atoms. The number of aryl methyl sites for hydroxylation is 1. The molecular formula is C22H25ClN2O2. The number of nitrogens with zero attached hydrogens (tertiary/aromatic N) is 2. The molecular weight excluding hydrogens is 360 g/mol. The van der Waals surface area contributed by atoms with Crippen LogP contribution >= 0.6 is 11.6 Å². The maximum atomic E-state index is 13.2. The number of rotatable bonds is 6. The number of benzene rings is 2. The average molecular weight is 385 g/mol. The Bertz CT molecular complexity index is 822. The summed E-state index contributed by atoms with van der Waals surface area (Å²) in [5, 5.41) is 0.629. The number of anilines is 2. The summed E-state index contributed by atoms with van der Waals surface area (Å²) < 4.78 is 0. The highest BCUT2D eigenvalue weighted by atomic mass is 35.5. The quantitative estimate of drug-likeness (QED) is 0.715. The summed E-state index contributed by atoms with van der Waals surface area (Å²) >= 11 is 6.21. The molecule has 2 aromatic rings. The van der Waals surface area contributed by atoms with Crippen molar-refractivity contribution < 1.29 is 9.59 Å². The molecule has 1 unspecified atom stereocenters. The first-order valence-electron chi connectivity index (χ1n) is 9.44. The normalized spacial score (nSPS) is 16.6. The first-order chi connectivity index (χ1) is 13.0. The van der Waals surface area contributed by atoms with Gasteiger partial charge in [-0.2, -0.15) is 0 Å². The molecule has 1 aliphatic rings. The first-order valence-corrected chi connectivity index (χ1v) is 9.82. The molecule has 0 saturated carbocycles. The van der Waals surface area contributed by atoms with Crippen LogP contribution in [0.4, 0.5) is 11.4 Å². The van der Waals surface area contributed by atoms with Crippen molar-refractivity contribution in [2.75, 3.05) is 22.9 Å². The monoisotopic (exact) mass is 384 g/mol. The van der Waals surface area contributed by atoms with Crippen LogP contribution in [-0.2, 0) is 9.59 Å². The van der Waals surface area contributed by atoms with Gasteiger partial charge in [0.25, 0.3) is 0 Å². The smallest absolute Gasteiger partial charge is 0.232 e. The van der Waals surface area contributed by atoms with Crippen molar-refractivity contribution in [1.29, 1.82) is 0 Å². The van der Waals surface area contributed by atoms with Crippen molar-refractivity contribution >= 4 is 34.8 Å². The lowest BCUT2D eigenvalue weighted by Gasteiger charge is -2.26. The summed E-state index contributed by atoms with van der Waals surface area (Å²) in [6, 6.07) is 15.3. The third kappa shape index (κ3) is 4.33. The zero-order valence-electron chi connectivity index (χ0n) is 15.8. The Balaban J connectivity index is 1.79. The molecule has 0 bridgehead atoms. The molecule has 27 heavy (non-hydrogen) atoms. The largest absolute Gasteiger partial charge is 0.312 e. The maximum Gasteiger partial charge on any atom is 0.232 e. The first kappa shape index (κ1) is 19.4. The highest BCUT2D eigenvalue weighted by Crippen LogP contribution is 2.30. The Morgan fingerprint density at radius 1 is 1.22 bits per heavy atom. The minimum atomic E-state index is -0.338. The zero-order valence-corrected chi connectivity index (χ0v) is 16.6. The molecule has 1 heterocycles. The minimum absolute atomic E-state index is 0.0173. The second-order valence-corrected chi connectivity index (χ2v) is 7.43. The number of hydrogen-bond acceptors (Lipinski definition) is 2. The van der Waals surface area contributed by atoms with Gasteiger partial charge in [0.15, 0.2) is 0 Å². The molecule has 0 aromatic heterocycles. The third-order valence-corrected chi connectivity index (χ3v) is 5.42. The van der Waals surface area contributed by atoms with E-state index in [0.717, 1.165) is 29.8 Å². The van der Waals surface area contributed by atoms with Gasteiger partial charge in [-0.25, -0.2) is 0 Å². The molecule has 2 aromatic carbocycles. The van der Waals surface area contributed by atoms with E-state index in [2.05, 4.69) is 6.92 Å². The molecule has 142 valence electrons. The Morgan fingerprint density at radius 2 is 1.96 bits per heavy atom. The van der Waals surface area contributed by atoms with Crippen LogP contribution in [0.2, 0.25) is 5.02 Å². The summed E-state index contributed by atoms with van der Waals surface area (Å²) in [5.41, 5.74) is 2.61. The number of halogens is 1. The topological polar surface area (TPSA) is 40.6 Å². The highest BCUT2D eigenvalue weighted by molar-refractivity contribution is 6.31. The molecule has 1 saturated heterocycles. The van der Waals surface area contributed by atoms with Crippen LogP contribution in [0.15, 0.2) is 48.5 Å². The van der Waals surface area contributed by atoms with Gasteiger partial charge in [0.1, 0.15) is 0 Å². The molecule has 1 aliphatic heterocycles. The minimum Gasteiger partial charge on any atom is -0.312 e. The predicted molar refractivity (Wildman–Crippen MR) is 110 cm³/mol. The van der Waals surface area contributed by atoms with Crippen LogP contribution in [-0.4, -0.2) is 24.9 Å². The van der Waals surface area contributed by atoms with Crippen molar-refractivity contribution in [2.45, 2.75) is 33.1 Å². The number of unbranched alkanes of at least 4 members (excludes halogenated alkanes) is 1. The maximum absolute atomic E-state index is 13.2. The SMILES string of the molecule is CCCCN(C(=O)C1CC(=O)N(c2ccc(C)c(Cl)c2)C1)c1ccccc1. The van der Waals surface area contributed by atoms with E-state index in [1.54, 1.807) is 11.0 Å². The Kier molecular flexibility index (Phi) is 6.17. The lowest BCUT2D eigenvalue weighted by atomic mass is 10.1. The van der Waals surface area contributed by atoms with Gasteiger partial charge >= 0.3 is 0 Å². The van der Waals surface area contributed by atoms with E-state index in [9.17, 15) is 9.59 Å². The Labute approximate surface area is 165 Å². The van der Waals surface area contributed by atoms with E-state index in [4.69, 9.17) is 11.6 Å². The van der Waals surface area contributed by atoms with E-state index in [-0.39, 0.29) is 24.2 Å². The summed E-state index contributed by atoms with van der Waals surface area (Å²) in [5.74, 6) is -0.352. The van der Waals surface area contributed by atoms with Gasteiger partial charge in [-0.15, -0.1) is 0 Å². The molecule has 0 radical (unpaired) electrons. The summed E-state index contributed by atoms with van der Waals surface area (Å²) in [4.78, 5) is 29.3. The number of amides is 2. The third-order valence-electron chi connectivity index (χ3n) is 5.01. The fourth-order valence-corrected chi connectivity index (χ4v) is 3.56. The van der Waals surface area contributed by atoms with Crippen molar-refractivity contribution in [2.24, 2.45) is 5.92 Å². The van der Waals surface area contributed by atoms with Gasteiger partial charge in [-0.05, 0) is 43.2 Å². The zero-order chi connectivity index (χ0) is 19.4. The van der Waals surface area contributed by atoms with Gasteiger partial charge in [-0.3, -0.25) is 9.59 Å². The number of hydrogen-bond donors (Lipinski definition) is 0. The van der Waals surface area contributed by atoms with Crippen molar-refractivity contribution in [3.05, 3.63) is 59.1 Å². The fourth-order valence-electron chi connectivity index (χ4n) is 3.38. The predicted octanol–water partition coefficient (Wildman–Crippen LogP) is 4.83. The summed E-state index contributed by atoms with van der Waals surface area (Å²) in [6.07, 6.45) is 2.17. The second-order valence-electron chi connectivity index (χ2n) is 7.02. The van der Waals surface area contributed by atoms with Crippen molar-refractivity contribution in [1.82, 2.24) is 0 Å². The molecule has 3 rings (SSSR count). The summed E-state index contributed by atoms with van der Waals surface area (Å²) in [6.45, 7) is 5.10. The van der Waals surface area contributed by atoms with Crippen LogP contribution in [0.25, 0.3) is 0 Å². The standard InChI is InChI=1S/C22H25ClN2O2/c1-3-4-12-24(18-8-6-5-7-9-18)22(27)17-13-21(26)25(15-17)19-11-10-16(2)20(23)14-19/h5-11,14,17H,3-4,12-13,15H2,1-2H3. The van der Waals surface area contributed by atoms with Crippen LogP contribution in [0, 0.1) is 12.8 Å². The summed E-state index contributed by atoms with van der Waals surface area (Å²) in [7, 11) is 0. The van der Waals surface area contributed by atoms with Gasteiger partial charge < -0.3 is 9.80 Å².